The van der Waals surface area contributed by atoms with Gasteiger partial charge in [0.15, 0.2) is 0 Å². The molecule has 3 unspecified atom stereocenters. The Morgan fingerprint density at radius 3 is 2.89 bits per heavy atom. The molecule has 0 amide bonds. The molecule has 1 aromatic rings. The first-order valence-electron chi connectivity index (χ1n) is 7.94. The van der Waals surface area contributed by atoms with E-state index in [0.717, 1.165) is 11.8 Å². The first-order valence-corrected chi connectivity index (χ1v) is 8.82. The highest BCUT2D eigenvalue weighted by Gasteiger charge is 2.49. The minimum Gasteiger partial charge on any atom is -0.314 e. The van der Waals surface area contributed by atoms with Crippen LogP contribution in [-0.4, -0.2) is 12.6 Å². The molecular formula is C17H27NS. The fourth-order valence-corrected chi connectivity index (χ4v) is 5.11. The summed E-state index contributed by atoms with van der Waals surface area (Å²) < 4.78 is 0. The topological polar surface area (TPSA) is 12.0 Å². The maximum atomic E-state index is 3.75. The van der Waals surface area contributed by atoms with Gasteiger partial charge in [0.05, 0.1) is 0 Å². The number of aryl methyl sites for hydroxylation is 1. The number of fused-ring (bicyclic) bond motifs is 2. The van der Waals surface area contributed by atoms with Crippen LogP contribution in [0.3, 0.4) is 0 Å². The average Bonchev–Trinajstić information content (AvgIpc) is 3.10. The largest absolute Gasteiger partial charge is 0.314 e. The highest BCUT2D eigenvalue weighted by atomic mass is 32.1. The third-order valence-corrected chi connectivity index (χ3v) is 6.35. The summed E-state index contributed by atoms with van der Waals surface area (Å²) in [5, 5.41) is 5.96. The van der Waals surface area contributed by atoms with E-state index in [0.29, 0.717) is 11.5 Å². The van der Waals surface area contributed by atoms with Crippen molar-refractivity contribution in [3.63, 3.8) is 0 Å². The Hall–Kier alpha value is -0.340. The zero-order chi connectivity index (χ0) is 13.3. The first kappa shape index (κ1) is 13.6. The van der Waals surface area contributed by atoms with Gasteiger partial charge in [-0.2, -0.15) is 0 Å². The highest BCUT2D eigenvalue weighted by molar-refractivity contribution is 7.09. The lowest BCUT2D eigenvalue weighted by Gasteiger charge is -2.39. The van der Waals surface area contributed by atoms with Gasteiger partial charge in [-0.1, -0.05) is 26.3 Å². The normalized spacial score (nSPS) is 33.4. The van der Waals surface area contributed by atoms with E-state index in [1.54, 1.807) is 4.88 Å². The molecule has 2 fully saturated rings. The number of nitrogens with one attached hydrogen (secondary N) is 1. The van der Waals surface area contributed by atoms with Crippen LogP contribution in [0.5, 0.6) is 0 Å². The van der Waals surface area contributed by atoms with Crippen molar-refractivity contribution in [2.45, 2.75) is 58.4 Å². The van der Waals surface area contributed by atoms with Gasteiger partial charge in [0.25, 0.3) is 0 Å². The van der Waals surface area contributed by atoms with E-state index in [1.807, 2.05) is 11.3 Å². The maximum absolute atomic E-state index is 3.75. The fourth-order valence-electron chi connectivity index (χ4n) is 4.40. The minimum absolute atomic E-state index is 0.608. The van der Waals surface area contributed by atoms with Crippen molar-refractivity contribution in [1.82, 2.24) is 5.32 Å². The Kier molecular flexibility index (Phi) is 4.00. The smallest absolute Gasteiger partial charge is 0.00454 e. The van der Waals surface area contributed by atoms with Gasteiger partial charge in [-0.15, -0.1) is 11.3 Å². The van der Waals surface area contributed by atoms with E-state index in [-0.39, 0.29) is 0 Å². The molecule has 19 heavy (non-hydrogen) atoms. The predicted molar refractivity (Wildman–Crippen MR) is 83.7 cm³/mol. The van der Waals surface area contributed by atoms with Gasteiger partial charge in [0.1, 0.15) is 0 Å². The summed E-state index contributed by atoms with van der Waals surface area (Å²) in [7, 11) is 0. The third kappa shape index (κ3) is 2.90. The number of rotatable bonds is 6. The highest BCUT2D eigenvalue weighted by Crippen LogP contribution is 2.57. The van der Waals surface area contributed by atoms with Gasteiger partial charge in [-0.3, -0.25) is 0 Å². The number of hydrogen-bond acceptors (Lipinski definition) is 2. The molecule has 0 spiro atoms. The van der Waals surface area contributed by atoms with Crippen molar-refractivity contribution in [3.8, 4) is 0 Å². The second-order valence-corrected chi connectivity index (χ2v) is 8.09. The van der Waals surface area contributed by atoms with Gasteiger partial charge in [0.2, 0.25) is 0 Å². The van der Waals surface area contributed by atoms with E-state index < -0.39 is 0 Å². The van der Waals surface area contributed by atoms with Crippen LogP contribution in [-0.2, 0) is 6.42 Å². The molecule has 2 aliphatic rings. The molecule has 106 valence electrons. The quantitative estimate of drug-likeness (QED) is 0.808. The van der Waals surface area contributed by atoms with Crippen LogP contribution in [0.15, 0.2) is 17.5 Å². The van der Waals surface area contributed by atoms with Gasteiger partial charge in [-0.25, -0.2) is 0 Å². The lowest BCUT2D eigenvalue weighted by molar-refractivity contribution is 0.140. The van der Waals surface area contributed by atoms with Crippen molar-refractivity contribution in [1.29, 1.82) is 0 Å². The van der Waals surface area contributed by atoms with Crippen molar-refractivity contribution < 1.29 is 0 Å². The van der Waals surface area contributed by atoms with E-state index in [2.05, 4.69) is 36.7 Å². The zero-order valence-electron chi connectivity index (χ0n) is 12.3. The maximum Gasteiger partial charge on any atom is 0.00454 e. The van der Waals surface area contributed by atoms with Gasteiger partial charge in [-0.05, 0) is 60.8 Å². The monoisotopic (exact) mass is 277 g/mol. The zero-order valence-corrected chi connectivity index (χ0v) is 13.1. The van der Waals surface area contributed by atoms with Crippen LogP contribution in [0.1, 0.15) is 50.8 Å². The molecule has 2 heteroatoms. The van der Waals surface area contributed by atoms with Crippen LogP contribution in [0.2, 0.25) is 0 Å². The molecule has 0 saturated heterocycles. The summed E-state index contributed by atoms with van der Waals surface area (Å²) in [6.45, 7) is 5.80. The molecule has 2 bridgehead atoms. The van der Waals surface area contributed by atoms with E-state index in [9.17, 15) is 0 Å². The van der Waals surface area contributed by atoms with Crippen molar-refractivity contribution >= 4 is 11.3 Å². The number of thiophene rings is 1. The summed E-state index contributed by atoms with van der Waals surface area (Å²) in [5.41, 5.74) is 0.608. The number of hydrogen-bond donors (Lipinski definition) is 1. The molecule has 2 aliphatic carbocycles. The van der Waals surface area contributed by atoms with E-state index in [4.69, 9.17) is 0 Å². The standard InChI is InChI=1S/C17H27NS/c1-13(2)18-12-17(8-7-16-4-3-9-19-16)11-14-5-6-15(17)10-14/h3-4,9,13-15,18H,5-8,10-12H2,1-2H3. The average molecular weight is 277 g/mol. The molecule has 0 radical (unpaired) electrons. The molecule has 0 aromatic carbocycles. The summed E-state index contributed by atoms with van der Waals surface area (Å²) in [6, 6.07) is 5.12. The fraction of sp³-hybridized carbons (Fsp3) is 0.765. The van der Waals surface area contributed by atoms with Crippen LogP contribution in [0, 0.1) is 17.3 Å². The summed E-state index contributed by atoms with van der Waals surface area (Å²) in [5.74, 6) is 2.05. The Bertz CT molecular complexity index is 397. The predicted octanol–water partition coefficient (Wildman–Crippen LogP) is 4.49. The molecule has 0 aliphatic heterocycles. The summed E-state index contributed by atoms with van der Waals surface area (Å²) in [6.07, 6.45) is 8.70. The van der Waals surface area contributed by atoms with Crippen molar-refractivity contribution in [2.75, 3.05) is 6.54 Å². The van der Waals surface area contributed by atoms with Crippen LogP contribution in [0.4, 0.5) is 0 Å². The van der Waals surface area contributed by atoms with E-state index in [1.165, 1.54) is 45.1 Å². The molecule has 3 rings (SSSR count). The van der Waals surface area contributed by atoms with Crippen LogP contribution < -0.4 is 5.32 Å². The minimum atomic E-state index is 0.608. The van der Waals surface area contributed by atoms with E-state index >= 15 is 0 Å². The van der Waals surface area contributed by atoms with Crippen molar-refractivity contribution in [3.05, 3.63) is 22.4 Å². The third-order valence-electron chi connectivity index (χ3n) is 5.41. The molecule has 1 aromatic heterocycles. The molecular weight excluding hydrogens is 250 g/mol. The molecule has 1 N–H and O–H groups in total. The second kappa shape index (κ2) is 5.57. The Balaban J connectivity index is 1.66. The lowest BCUT2D eigenvalue weighted by atomic mass is 9.70. The Morgan fingerprint density at radius 1 is 1.42 bits per heavy atom. The van der Waals surface area contributed by atoms with Gasteiger partial charge >= 0.3 is 0 Å². The molecule has 3 atom stereocenters. The molecule has 1 nitrogen and oxygen atoms in total. The first-order chi connectivity index (χ1) is 9.18. The summed E-state index contributed by atoms with van der Waals surface area (Å²) >= 11 is 1.93. The van der Waals surface area contributed by atoms with Crippen LogP contribution >= 0.6 is 11.3 Å². The SMILES string of the molecule is CC(C)NCC1(CCc2cccs2)CC2CCC1C2. The van der Waals surface area contributed by atoms with Gasteiger partial charge < -0.3 is 5.32 Å². The lowest BCUT2D eigenvalue weighted by Crippen LogP contribution is -2.41. The summed E-state index contributed by atoms with van der Waals surface area (Å²) in [4.78, 5) is 1.58. The van der Waals surface area contributed by atoms with Crippen molar-refractivity contribution in [2.24, 2.45) is 17.3 Å². The Labute approximate surface area is 121 Å². The van der Waals surface area contributed by atoms with Gasteiger partial charge in [0, 0.05) is 17.5 Å². The second-order valence-electron chi connectivity index (χ2n) is 7.06. The molecule has 2 saturated carbocycles. The molecule has 1 heterocycles. The van der Waals surface area contributed by atoms with Crippen LogP contribution in [0.25, 0.3) is 0 Å². The Morgan fingerprint density at radius 2 is 2.32 bits per heavy atom.